The Balaban J connectivity index is 1.93. The normalized spacial score (nSPS) is 23.4. The molecule has 1 fully saturated rings. The SMILES string of the molecule is CCOC(=O)CCN1[C@@H]2c3c(c(=O)oc4ccccc34)C[C@@]1(C(=O)OCC)C[C@@H]2C(=O)OCC. The first-order valence-corrected chi connectivity index (χ1v) is 11.7. The lowest BCUT2D eigenvalue weighted by molar-refractivity contribution is -0.159. The predicted octanol–water partition coefficient (Wildman–Crippen LogP) is 2.53. The Morgan fingerprint density at radius 1 is 1.06 bits per heavy atom. The maximum Gasteiger partial charge on any atom is 0.339 e. The highest BCUT2D eigenvalue weighted by molar-refractivity contribution is 5.90. The zero-order valence-electron chi connectivity index (χ0n) is 19.6. The number of esters is 3. The van der Waals surface area contributed by atoms with Crippen molar-refractivity contribution in [3.63, 3.8) is 0 Å². The number of hydrogen-bond donors (Lipinski definition) is 0. The topological polar surface area (TPSA) is 112 Å². The molecule has 1 aromatic carbocycles. The van der Waals surface area contributed by atoms with Crippen LogP contribution in [0.3, 0.4) is 0 Å². The van der Waals surface area contributed by atoms with Gasteiger partial charge in [-0.1, -0.05) is 18.2 Å². The van der Waals surface area contributed by atoms with Crippen molar-refractivity contribution in [2.24, 2.45) is 5.92 Å². The van der Waals surface area contributed by atoms with Crippen LogP contribution >= 0.6 is 0 Å². The Morgan fingerprint density at radius 3 is 2.47 bits per heavy atom. The van der Waals surface area contributed by atoms with E-state index in [1.807, 2.05) is 17.0 Å². The second-order valence-electron chi connectivity index (χ2n) is 8.46. The summed E-state index contributed by atoms with van der Waals surface area (Å²) in [5.41, 5.74) is -0.437. The predicted molar refractivity (Wildman–Crippen MR) is 121 cm³/mol. The van der Waals surface area contributed by atoms with E-state index in [9.17, 15) is 19.2 Å². The molecule has 0 saturated carbocycles. The van der Waals surface area contributed by atoms with Gasteiger partial charge in [0.15, 0.2) is 0 Å². The minimum absolute atomic E-state index is 0.0174. The van der Waals surface area contributed by atoms with Crippen molar-refractivity contribution < 1.29 is 33.0 Å². The van der Waals surface area contributed by atoms with Crippen LogP contribution in [0.1, 0.15) is 50.8 Å². The maximum absolute atomic E-state index is 13.4. The van der Waals surface area contributed by atoms with E-state index in [2.05, 4.69) is 0 Å². The van der Waals surface area contributed by atoms with Crippen LogP contribution in [-0.4, -0.2) is 54.7 Å². The molecule has 182 valence electrons. The van der Waals surface area contributed by atoms with E-state index < -0.39 is 41.0 Å². The quantitative estimate of drug-likeness (QED) is 0.326. The van der Waals surface area contributed by atoms with E-state index in [0.717, 1.165) is 0 Å². The molecule has 2 bridgehead atoms. The summed E-state index contributed by atoms with van der Waals surface area (Å²) in [5.74, 6) is -2.12. The monoisotopic (exact) mass is 471 g/mol. The highest BCUT2D eigenvalue weighted by Gasteiger charge is 2.63. The number of rotatable bonds is 8. The molecule has 4 rings (SSSR count). The molecule has 0 radical (unpaired) electrons. The largest absolute Gasteiger partial charge is 0.466 e. The zero-order valence-corrected chi connectivity index (χ0v) is 19.6. The molecule has 9 heteroatoms. The van der Waals surface area contributed by atoms with E-state index in [-0.39, 0.29) is 45.6 Å². The molecule has 2 aliphatic rings. The Hall–Kier alpha value is -3.20. The molecule has 0 spiro atoms. The first kappa shape index (κ1) is 23.9. The number of benzene rings is 1. The second-order valence-corrected chi connectivity index (χ2v) is 8.46. The van der Waals surface area contributed by atoms with E-state index in [1.165, 1.54) is 0 Å². The van der Waals surface area contributed by atoms with Gasteiger partial charge in [0.05, 0.1) is 38.2 Å². The molecule has 0 aliphatic carbocycles. The average Bonchev–Trinajstić information content (AvgIpc) is 3.04. The van der Waals surface area contributed by atoms with Crippen LogP contribution in [0, 0.1) is 5.92 Å². The Bertz CT molecular complexity index is 1170. The fourth-order valence-corrected chi connectivity index (χ4v) is 5.41. The number of hydrogen-bond acceptors (Lipinski definition) is 9. The third-order valence-corrected chi connectivity index (χ3v) is 6.65. The van der Waals surface area contributed by atoms with Gasteiger partial charge in [0, 0.05) is 23.9 Å². The minimum atomic E-state index is -1.30. The molecule has 1 aromatic heterocycles. The van der Waals surface area contributed by atoms with Crippen LogP contribution < -0.4 is 5.63 Å². The summed E-state index contributed by atoms with van der Waals surface area (Å²) < 4.78 is 21.5. The first-order chi connectivity index (χ1) is 16.4. The van der Waals surface area contributed by atoms with Gasteiger partial charge < -0.3 is 18.6 Å². The molecule has 0 N–H and O–H groups in total. The van der Waals surface area contributed by atoms with Gasteiger partial charge in [-0.15, -0.1) is 0 Å². The zero-order chi connectivity index (χ0) is 24.5. The van der Waals surface area contributed by atoms with Gasteiger partial charge in [0.25, 0.3) is 0 Å². The van der Waals surface area contributed by atoms with Gasteiger partial charge in [-0.25, -0.2) is 4.79 Å². The van der Waals surface area contributed by atoms with Crippen LogP contribution in [0.25, 0.3) is 11.0 Å². The van der Waals surface area contributed by atoms with Gasteiger partial charge in [-0.3, -0.25) is 19.3 Å². The third-order valence-electron chi connectivity index (χ3n) is 6.65. The molecule has 1 saturated heterocycles. The first-order valence-electron chi connectivity index (χ1n) is 11.7. The molecule has 2 aromatic rings. The van der Waals surface area contributed by atoms with Crippen molar-refractivity contribution in [3.05, 3.63) is 45.8 Å². The fraction of sp³-hybridized carbons (Fsp3) is 0.520. The van der Waals surface area contributed by atoms with Gasteiger partial charge >= 0.3 is 23.5 Å². The summed E-state index contributed by atoms with van der Waals surface area (Å²) in [5, 5.41) is 0.692. The number of nitrogens with zero attached hydrogens (tertiary/aromatic N) is 1. The molecule has 34 heavy (non-hydrogen) atoms. The van der Waals surface area contributed by atoms with Crippen LogP contribution in [0.2, 0.25) is 0 Å². The Kier molecular flexibility index (Phi) is 6.74. The fourth-order valence-electron chi connectivity index (χ4n) is 5.41. The summed E-state index contributed by atoms with van der Waals surface area (Å²) in [6, 6.07) is 6.46. The smallest absolute Gasteiger partial charge is 0.339 e. The number of ether oxygens (including phenoxy) is 3. The van der Waals surface area contributed by atoms with Crippen molar-refractivity contribution in [3.8, 4) is 0 Å². The van der Waals surface area contributed by atoms with E-state index >= 15 is 0 Å². The molecule has 3 heterocycles. The van der Waals surface area contributed by atoms with Crippen molar-refractivity contribution in [1.82, 2.24) is 4.90 Å². The highest BCUT2D eigenvalue weighted by atomic mass is 16.5. The van der Waals surface area contributed by atoms with E-state index in [4.69, 9.17) is 18.6 Å². The van der Waals surface area contributed by atoms with Crippen LogP contribution in [0.4, 0.5) is 0 Å². The van der Waals surface area contributed by atoms with E-state index in [1.54, 1.807) is 32.9 Å². The standard InChI is InChI=1S/C25H29NO8/c1-4-31-19(27)11-12-26-21-17(22(28)32-5-2)14-25(26,24(30)33-6-3)13-16-20(21)15-9-7-8-10-18(15)34-23(16)29/h7-10,17,21H,4-6,11-14H2,1-3H3/t17-,21-,25-/m0/s1. The average molecular weight is 472 g/mol. The molecule has 2 aliphatic heterocycles. The number of para-hydroxylation sites is 1. The summed E-state index contributed by atoms with van der Waals surface area (Å²) in [6.07, 6.45) is 0.153. The summed E-state index contributed by atoms with van der Waals surface area (Å²) >= 11 is 0. The van der Waals surface area contributed by atoms with Crippen LogP contribution in [-0.2, 0) is 35.0 Å². The van der Waals surface area contributed by atoms with Gasteiger partial charge in [-0.05, 0) is 38.8 Å². The molecular weight excluding hydrogens is 442 g/mol. The van der Waals surface area contributed by atoms with Crippen molar-refractivity contribution in [1.29, 1.82) is 0 Å². The van der Waals surface area contributed by atoms with Crippen LogP contribution in [0.15, 0.2) is 33.5 Å². The van der Waals surface area contributed by atoms with Gasteiger partial charge in [-0.2, -0.15) is 0 Å². The summed E-state index contributed by atoms with van der Waals surface area (Å²) in [4.78, 5) is 53.7. The number of fused-ring (bicyclic) bond motifs is 6. The van der Waals surface area contributed by atoms with Gasteiger partial charge in [0.1, 0.15) is 11.1 Å². The summed E-state index contributed by atoms with van der Waals surface area (Å²) in [6.45, 7) is 5.86. The molecular formula is C25H29NO8. The minimum Gasteiger partial charge on any atom is -0.466 e. The number of carbonyl (C=O) groups excluding carboxylic acids is 3. The maximum atomic E-state index is 13.4. The molecule has 0 amide bonds. The van der Waals surface area contributed by atoms with E-state index in [0.29, 0.717) is 22.1 Å². The van der Waals surface area contributed by atoms with Crippen LogP contribution in [0.5, 0.6) is 0 Å². The summed E-state index contributed by atoms with van der Waals surface area (Å²) in [7, 11) is 0. The molecule has 9 nitrogen and oxygen atoms in total. The lowest BCUT2D eigenvalue weighted by Gasteiger charge is -2.43. The highest BCUT2D eigenvalue weighted by Crippen LogP contribution is 2.55. The Labute approximate surface area is 196 Å². The lowest BCUT2D eigenvalue weighted by Crippen LogP contribution is -2.57. The van der Waals surface area contributed by atoms with Crippen molar-refractivity contribution in [2.75, 3.05) is 26.4 Å². The Morgan fingerprint density at radius 2 is 1.76 bits per heavy atom. The van der Waals surface area contributed by atoms with Crippen molar-refractivity contribution in [2.45, 2.75) is 51.6 Å². The van der Waals surface area contributed by atoms with Gasteiger partial charge in [0.2, 0.25) is 0 Å². The molecule has 0 unspecified atom stereocenters. The molecule has 3 atom stereocenters. The third kappa shape index (κ3) is 3.87. The second kappa shape index (κ2) is 9.58. The van der Waals surface area contributed by atoms with Crippen molar-refractivity contribution >= 4 is 28.9 Å². The lowest BCUT2D eigenvalue weighted by atomic mass is 9.83. The number of carbonyl (C=O) groups is 3.